The average Bonchev–Trinajstić information content (AvgIpc) is 2.62. The van der Waals surface area contributed by atoms with E-state index in [0.29, 0.717) is 5.02 Å². The molecule has 0 radical (unpaired) electrons. The molecular weight excluding hydrogens is 394 g/mol. The number of hydrogen-bond acceptors (Lipinski definition) is 5. The monoisotopic (exact) mass is 407 g/mol. The molecule has 10 heteroatoms. The quantitative estimate of drug-likeness (QED) is 0.698. The molecule has 0 aliphatic carbocycles. The number of aromatic nitrogens is 3. The maximum atomic E-state index is 12.6. The van der Waals surface area contributed by atoms with Gasteiger partial charge in [-0.15, -0.1) is 0 Å². The zero-order valence-corrected chi connectivity index (χ0v) is 15.6. The van der Waals surface area contributed by atoms with Crippen LogP contribution in [0.3, 0.4) is 0 Å². The Morgan fingerprint density at radius 2 is 1.41 bits per heavy atom. The number of H-pyrrole nitrogens is 1. The zero-order chi connectivity index (χ0) is 19.8. The van der Waals surface area contributed by atoms with Gasteiger partial charge in [0.05, 0.1) is 15.5 Å². The van der Waals surface area contributed by atoms with Gasteiger partial charge in [-0.05, 0) is 55.5 Å². The standard InChI is InChI=1S/C17H14ClN3O5S/c1-2-20-15(22)19-16(23)21(17(20)24)12-5-9-14(10-6-12)27(25,26)13-7-3-11(18)4-8-13/h3-10H,2H2,1H3,(H,19,22,23). The van der Waals surface area contributed by atoms with Crippen LogP contribution in [-0.4, -0.2) is 22.5 Å². The number of nitrogens with zero attached hydrogens (tertiary/aromatic N) is 2. The number of aromatic amines is 1. The van der Waals surface area contributed by atoms with Crippen molar-refractivity contribution in [2.75, 3.05) is 0 Å². The van der Waals surface area contributed by atoms with Gasteiger partial charge in [0.2, 0.25) is 9.84 Å². The number of sulfone groups is 1. The maximum Gasteiger partial charge on any atom is 0.340 e. The van der Waals surface area contributed by atoms with E-state index < -0.39 is 26.9 Å². The molecule has 140 valence electrons. The molecule has 0 unspecified atom stereocenters. The van der Waals surface area contributed by atoms with Crippen LogP contribution in [0, 0.1) is 0 Å². The number of nitrogens with one attached hydrogen (secondary N) is 1. The molecule has 0 saturated heterocycles. The lowest BCUT2D eigenvalue weighted by Gasteiger charge is -2.09. The van der Waals surface area contributed by atoms with E-state index in [-0.39, 0.29) is 22.0 Å². The minimum atomic E-state index is -3.78. The van der Waals surface area contributed by atoms with Crippen molar-refractivity contribution in [3.05, 3.63) is 85.0 Å². The van der Waals surface area contributed by atoms with Crippen LogP contribution in [0.15, 0.2) is 72.7 Å². The Morgan fingerprint density at radius 3 is 1.93 bits per heavy atom. The van der Waals surface area contributed by atoms with Crippen molar-refractivity contribution in [2.45, 2.75) is 23.3 Å². The fourth-order valence-electron chi connectivity index (χ4n) is 2.54. The molecule has 0 fully saturated rings. The number of rotatable bonds is 4. The first kappa shape index (κ1) is 18.9. The summed E-state index contributed by atoms with van der Waals surface area (Å²) in [5.74, 6) is 0. The second-order valence-electron chi connectivity index (χ2n) is 5.55. The Morgan fingerprint density at radius 1 is 0.889 bits per heavy atom. The van der Waals surface area contributed by atoms with E-state index in [0.717, 1.165) is 9.13 Å². The van der Waals surface area contributed by atoms with Gasteiger partial charge in [-0.3, -0.25) is 4.98 Å². The van der Waals surface area contributed by atoms with E-state index in [9.17, 15) is 22.8 Å². The average molecular weight is 408 g/mol. The summed E-state index contributed by atoms with van der Waals surface area (Å²) < 4.78 is 26.9. The molecule has 1 N–H and O–H groups in total. The van der Waals surface area contributed by atoms with Gasteiger partial charge in [0, 0.05) is 11.6 Å². The van der Waals surface area contributed by atoms with Crippen molar-refractivity contribution in [3.63, 3.8) is 0 Å². The summed E-state index contributed by atoms with van der Waals surface area (Å²) in [6.07, 6.45) is 0. The zero-order valence-electron chi connectivity index (χ0n) is 14.0. The van der Waals surface area contributed by atoms with Gasteiger partial charge >= 0.3 is 17.1 Å². The number of benzene rings is 2. The van der Waals surface area contributed by atoms with Crippen LogP contribution in [0.1, 0.15) is 6.92 Å². The summed E-state index contributed by atoms with van der Waals surface area (Å²) in [6, 6.07) is 10.9. The highest BCUT2D eigenvalue weighted by atomic mass is 35.5. The van der Waals surface area contributed by atoms with Crippen LogP contribution in [0.4, 0.5) is 0 Å². The van der Waals surface area contributed by atoms with Gasteiger partial charge < -0.3 is 0 Å². The Balaban J connectivity index is 2.10. The topological polar surface area (TPSA) is 111 Å². The maximum absolute atomic E-state index is 12.6. The third kappa shape index (κ3) is 3.38. The summed E-state index contributed by atoms with van der Waals surface area (Å²) >= 11 is 5.78. The summed E-state index contributed by atoms with van der Waals surface area (Å²) in [5.41, 5.74) is -2.37. The fraction of sp³-hybridized carbons (Fsp3) is 0.118. The molecule has 8 nitrogen and oxygen atoms in total. The smallest absolute Gasteiger partial charge is 0.258 e. The van der Waals surface area contributed by atoms with Crippen molar-refractivity contribution in [1.82, 2.24) is 14.1 Å². The molecule has 0 aliphatic heterocycles. The minimum absolute atomic E-state index is 0.0122. The van der Waals surface area contributed by atoms with Gasteiger partial charge in [0.15, 0.2) is 0 Å². The van der Waals surface area contributed by atoms with Crippen molar-refractivity contribution < 1.29 is 8.42 Å². The molecule has 0 atom stereocenters. The molecule has 2 aromatic carbocycles. The lowest BCUT2D eigenvalue weighted by molar-refractivity contribution is 0.595. The molecule has 3 aromatic rings. The molecule has 0 aliphatic rings. The van der Waals surface area contributed by atoms with E-state index in [1.54, 1.807) is 6.92 Å². The van der Waals surface area contributed by atoms with Crippen LogP contribution in [0.5, 0.6) is 0 Å². The second kappa shape index (κ2) is 7.01. The Bertz CT molecular complexity index is 1270. The fourth-order valence-corrected chi connectivity index (χ4v) is 3.93. The molecule has 0 spiro atoms. The van der Waals surface area contributed by atoms with Crippen molar-refractivity contribution in [3.8, 4) is 5.69 Å². The van der Waals surface area contributed by atoms with E-state index in [2.05, 4.69) is 4.98 Å². The highest BCUT2D eigenvalue weighted by Crippen LogP contribution is 2.23. The summed E-state index contributed by atoms with van der Waals surface area (Å²) in [4.78, 5) is 38.1. The van der Waals surface area contributed by atoms with Gasteiger partial charge in [-0.25, -0.2) is 31.9 Å². The van der Waals surface area contributed by atoms with Crippen LogP contribution < -0.4 is 17.1 Å². The summed E-state index contributed by atoms with van der Waals surface area (Å²) in [7, 11) is -3.78. The van der Waals surface area contributed by atoms with E-state index in [1.165, 1.54) is 48.5 Å². The third-order valence-electron chi connectivity index (χ3n) is 3.93. The minimum Gasteiger partial charge on any atom is -0.258 e. The van der Waals surface area contributed by atoms with Crippen molar-refractivity contribution in [2.24, 2.45) is 0 Å². The molecule has 0 bridgehead atoms. The summed E-state index contributed by atoms with van der Waals surface area (Å²) in [5, 5.41) is 0.411. The van der Waals surface area contributed by atoms with Crippen LogP contribution in [0.2, 0.25) is 5.02 Å². The predicted molar refractivity (Wildman–Crippen MR) is 99.5 cm³/mol. The lowest BCUT2D eigenvalue weighted by atomic mass is 10.3. The molecular formula is C17H14ClN3O5S. The van der Waals surface area contributed by atoms with Crippen molar-refractivity contribution in [1.29, 1.82) is 0 Å². The molecule has 3 rings (SSSR count). The predicted octanol–water partition coefficient (Wildman–Crippen LogP) is 1.19. The summed E-state index contributed by atoms with van der Waals surface area (Å²) in [6.45, 7) is 1.67. The van der Waals surface area contributed by atoms with E-state index in [4.69, 9.17) is 11.6 Å². The normalized spacial score (nSPS) is 11.5. The van der Waals surface area contributed by atoms with Gasteiger partial charge in [0.25, 0.3) is 0 Å². The van der Waals surface area contributed by atoms with Crippen LogP contribution in [-0.2, 0) is 16.4 Å². The van der Waals surface area contributed by atoms with E-state index >= 15 is 0 Å². The van der Waals surface area contributed by atoms with Gasteiger partial charge in [-0.1, -0.05) is 11.6 Å². The largest absolute Gasteiger partial charge is 0.340 e. The lowest BCUT2D eigenvalue weighted by Crippen LogP contribution is -2.48. The first-order chi connectivity index (χ1) is 12.8. The Kier molecular flexibility index (Phi) is 4.90. The van der Waals surface area contributed by atoms with E-state index in [1.807, 2.05) is 0 Å². The highest BCUT2D eigenvalue weighted by Gasteiger charge is 2.18. The first-order valence-electron chi connectivity index (χ1n) is 7.83. The Labute approximate surface area is 158 Å². The molecule has 1 heterocycles. The number of halogens is 1. The number of hydrogen-bond donors (Lipinski definition) is 1. The molecule has 27 heavy (non-hydrogen) atoms. The first-order valence-corrected chi connectivity index (χ1v) is 9.69. The highest BCUT2D eigenvalue weighted by molar-refractivity contribution is 7.91. The Hall–Kier alpha value is -2.91. The third-order valence-corrected chi connectivity index (χ3v) is 5.97. The second-order valence-corrected chi connectivity index (χ2v) is 7.93. The van der Waals surface area contributed by atoms with Crippen molar-refractivity contribution >= 4 is 21.4 Å². The molecule has 1 aromatic heterocycles. The van der Waals surface area contributed by atoms with Gasteiger partial charge in [0.1, 0.15) is 0 Å². The van der Waals surface area contributed by atoms with Crippen LogP contribution in [0.25, 0.3) is 5.69 Å². The SMILES string of the molecule is CCn1c(=O)[nH]c(=O)n(-c2ccc(S(=O)(=O)c3ccc(Cl)cc3)cc2)c1=O. The van der Waals surface area contributed by atoms with Crippen LogP contribution >= 0.6 is 11.6 Å². The molecule has 0 amide bonds. The van der Waals surface area contributed by atoms with Gasteiger partial charge in [-0.2, -0.15) is 0 Å². The molecule has 0 saturated carbocycles.